The minimum absolute atomic E-state index is 0. The van der Waals surface area contributed by atoms with Crippen molar-refractivity contribution in [2.45, 2.75) is 12.1 Å². The molecule has 3 aliphatic heterocycles. The zero-order valence-corrected chi connectivity index (χ0v) is 15.9. The highest BCUT2D eigenvalue weighted by atomic mass is 35.5. The van der Waals surface area contributed by atoms with Crippen LogP contribution in [0.5, 0.6) is 0 Å². The number of fused-ring (bicyclic) bond motifs is 7. The van der Waals surface area contributed by atoms with Crippen molar-refractivity contribution in [3.05, 3.63) is 59.7 Å². The van der Waals surface area contributed by atoms with Crippen LogP contribution in [0.4, 0.5) is 11.4 Å². The summed E-state index contributed by atoms with van der Waals surface area (Å²) in [7, 11) is 0. The summed E-state index contributed by atoms with van der Waals surface area (Å²) in [6, 6.07) is 15.4. The molecule has 1 N–H and O–H groups in total. The number of hydrogen-bond donors (Lipinski definition) is 1. The monoisotopic (exact) mass is 384 g/mol. The maximum absolute atomic E-state index is 13.2. The van der Waals surface area contributed by atoms with Crippen LogP contribution >= 0.6 is 0 Å². The largest absolute Gasteiger partial charge is 1.00 e. The van der Waals surface area contributed by atoms with Crippen LogP contribution < -0.4 is 22.6 Å². The van der Waals surface area contributed by atoms with Crippen LogP contribution in [0.15, 0.2) is 57.9 Å². The molecule has 2 aromatic rings. The number of aliphatic imine (C=N–C) groups is 1. The van der Waals surface area contributed by atoms with E-state index in [0.29, 0.717) is 5.96 Å². The molecule has 3 heterocycles. The van der Waals surface area contributed by atoms with Gasteiger partial charge in [-0.15, -0.1) is 0 Å². The quantitative estimate of drug-likeness (QED) is 0.675. The first kappa shape index (κ1) is 17.1. The highest BCUT2D eigenvalue weighted by Gasteiger charge is 2.51. The van der Waals surface area contributed by atoms with Crippen LogP contribution in [0.2, 0.25) is 0 Å². The smallest absolute Gasteiger partial charge is 0.279 e. The third-order valence-electron chi connectivity index (χ3n) is 4.80. The number of rotatable bonds is 1. The molecule has 2 unspecified atom stereocenters. The van der Waals surface area contributed by atoms with Gasteiger partial charge in [-0.1, -0.05) is 30.3 Å². The van der Waals surface area contributed by atoms with Gasteiger partial charge in [0.05, 0.1) is 17.4 Å². The standard InChI is InChI=1S/C19H17N4OS.ClH/c1-25(2)22-19-21-15-11-7-3-5-9-13(11)20-16(15)17-18(24)12-8-4-6-10-14(12)23(17)19;/h3-10,16-17,20H,1-2H3;1H/q+1;/p-1/b22-19-;. The molecule has 0 spiro atoms. The molecule has 3 aliphatic rings. The Morgan fingerprint density at radius 2 is 1.77 bits per heavy atom. The van der Waals surface area contributed by atoms with Gasteiger partial charge in [-0.05, 0) is 22.6 Å². The van der Waals surface area contributed by atoms with Gasteiger partial charge in [0.1, 0.15) is 29.6 Å². The molecule has 0 saturated heterocycles. The second-order valence-electron chi connectivity index (χ2n) is 6.53. The molecule has 0 aromatic heterocycles. The fourth-order valence-corrected chi connectivity index (χ4v) is 4.29. The molecule has 0 amide bonds. The molecule has 0 aliphatic carbocycles. The Hall–Kier alpha value is -2.31. The lowest BCUT2D eigenvalue weighted by Crippen LogP contribution is -3.00. The summed E-state index contributed by atoms with van der Waals surface area (Å²) in [5.41, 5.74) is 4.67. The highest BCUT2D eigenvalue weighted by molar-refractivity contribution is 7.94. The van der Waals surface area contributed by atoms with E-state index < -0.39 is 0 Å². The van der Waals surface area contributed by atoms with Crippen LogP contribution in [0.1, 0.15) is 15.9 Å². The highest BCUT2D eigenvalue weighted by Crippen LogP contribution is 2.41. The summed E-state index contributed by atoms with van der Waals surface area (Å²) in [5, 5.41) is 3.50. The van der Waals surface area contributed by atoms with Crippen molar-refractivity contribution >= 4 is 39.9 Å². The maximum Gasteiger partial charge on any atom is 0.279 e. The van der Waals surface area contributed by atoms with Crippen molar-refractivity contribution in [1.29, 1.82) is 0 Å². The Balaban J connectivity index is 0.00000168. The minimum atomic E-state index is -0.334. The van der Waals surface area contributed by atoms with Crippen molar-refractivity contribution < 1.29 is 17.2 Å². The Morgan fingerprint density at radius 3 is 2.54 bits per heavy atom. The van der Waals surface area contributed by atoms with E-state index in [4.69, 9.17) is 9.39 Å². The van der Waals surface area contributed by atoms with Crippen molar-refractivity contribution in [3.8, 4) is 0 Å². The minimum Gasteiger partial charge on any atom is -1.00 e. The number of anilines is 2. The number of halogens is 1. The van der Waals surface area contributed by atoms with Gasteiger partial charge in [0.15, 0.2) is 5.78 Å². The van der Waals surface area contributed by atoms with Crippen LogP contribution in [0, 0.1) is 0 Å². The SMILES string of the molecule is C[S+](C)/N=C1/N=C2c3ccccc3NC2C2C(=O)c3ccccc3N12.[Cl-]. The number of para-hydroxylation sites is 2. The van der Waals surface area contributed by atoms with Crippen molar-refractivity contribution in [1.82, 2.24) is 0 Å². The average Bonchev–Trinajstić information content (AvgIpc) is 3.11. The van der Waals surface area contributed by atoms with Gasteiger partial charge in [-0.25, -0.2) is 4.99 Å². The lowest BCUT2D eigenvalue weighted by atomic mass is 9.96. The number of benzene rings is 2. The summed E-state index contributed by atoms with van der Waals surface area (Å²) in [5.74, 6) is 0.773. The Kier molecular flexibility index (Phi) is 4.04. The van der Waals surface area contributed by atoms with E-state index in [9.17, 15) is 4.79 Å². The molecule has 132 valence electrons. The predicted molar refractivity (Wildman–Crippen MR) is 104 cm³/mol. The molecule has 0 fully saturated rings. The topological polar surface area (TPSA) is 57.1 Å². The number of Topliss-reactive ketones (excluding diaryl/α,β-unsaturated/α-hetero) is 1. The van der Waals surface area contributed by atoms with Gasteiger partial charge in [-0.2, -0.15) is 0 Å². The fraction of sp³-hybridized carbons (Fsp3) is 0.211. The van der Waals surface area contributed by atoms with Crippen LogP contribution in [-0.2, 0) is 11.1 Å². The Morgan fingerprint density at radius 1 is 1.08 bits per heavy atom. The van der Waals surface area contributed by atoms with Crippen molar-refractivity contribution in [2.75, 3.05) is 22.7 Å². The molecule has 0 bridgehead atoms. The predicted octanol–water partition coefficient (Wildman–Crippen LogP) is -0.492. The maximum atomic E-state index is 13.2. The average molecular weight is 385 g/mol. The van der Waals surface area contributed by atoms with Gasteiger partial charge in [0, 0.05) is 16.8 Å². The second-order valence-corrected chi connectivity index (χ2v) is 8.25. The first-order chi connectivity index (χ1) is 12.1. The number of nitrogens with zero attached hydrogens (tertiary/aromatic N) is 3. The summed E-state index contributed by atoms with van der Waals surface area (Å²) < 4.78 is 4.75. The van der Waals surface area contributed by atoms with E-state index in [-0.39, 0.29) is 41.4 Å². The van der Waals surface area contributed by atoms with Gasteiger partial charge in [0.2, 0.25) is 0 Å². The van der Waals surface area contributed by atoms with Gasteiger partial charge < -0.3 is 17.7 Å². The summed E-state index contributed by atoms with van der Waals surface area (Å²) >= 11 is -0.169. The molecule has 5 rings (SSSR count). The number of ketones is 1. The zero-order valence-electron chi connectivity index (χ0n) is 14.3. The van der Waals surface area contributed by atoms with Gasteiger partial charge >= 0.3 is 0 Å². The van der Waals surface area contributed by atoms with E-state index in [1.54, 1.807) is 0 Å². The van der Waals surface area contributed by atoms with E-state index >= 15 is 0 Å². The summed E-state index contributed by atoms with van der Waals surface area (Å²) in [6.07, 6.45) is 4.11. The van der Waals surface area contributed by atoms with E-state index in [1.807, 2.05) is 47.4 Å². The Labute approximate surface area is 161 Å². The molecule has 7 heteroatoms. The second kappa shape index (κ2) is 6.14. The molecule has 0 saturated carbocycles. The first-order valence-corrected chi connectivity index (χ1v) is 10.2. The van der Waals surface area contributed by atoms with Gasteiger partial charge in [0.25, 0.3) is 5.96 Å². The molecular formula is C19H17ClN4OS. The fourth-order valence-electron chi connectivity index (χ4n) is 3.83. The third-order valence-corrected chi connectivity index (χ3v) is 5.33. The van der Waals surface area contributed by atoms with Crippen molar-refractivity contribution in [2.24, 2.45) is 9.39 Å². The molecule has 0 radical (unpaired) electrons. The van der Waals surface area contributed by atoms with Crippen LogP contribution in [0.25, 0.3) is 0 Å². The summed E-state index contributed by atoms with van der Waals surface area (Å²) in [6.45, 7) is 0. The number of carbonyl (C=O) groups is 1. The lowest BCUT2D eigenvalue weighted by Gasteiger charge is -2.33. The number of hydrogen-bond acceptors (Lipinski definition) is 3. The normalized spacial score (nSPS) is 23.7. The third kappa shape index (κ3) is 2.29. The number of carbonyl (C=O) groups excluding carboxylic acids is 1. The number of nitrogens with one attached hydrogen (secondary N) is 1. The van der Waals surface area contributed by atoms with Crippen LogP contribution in [-0.4, -0.2) is 42.0 Å². The lowest BCUT2D eigenvalue weighted by molar-refractivity contribution is -0.0000127. The first-order valence-electron chi connectivity index (χ1n) is 8.18. The molecule has 5 nitrogen and oxygen atoms in total. The van der Waals surface area contributed by atoms with E-state index in [2.05, 4.69) is 23.9 Å². The van der Waals surface area contributed by atoms with Crippen LogP contribution in [0.3, 0.4) is 0 Å². The Bertz CT molecular complexity index is 972. The van der Waals surface area contributed by atoms with E-state index in [1.165, 1.54) is 0 Å². The molecular weight excluding hydrogens is 368 g/mol. The van der Waals surface area contributed by atoms with Crippen molar-refractivity contribution in [3.63, 3.8) is 0 Å². The molecule has 2 aromatic carbocycles. The van der Waals surface area contributed by atoms with Gasteiger partial charge in [-0.3, -0.25) is 9.69 Å². The van der Waals surface area contributed by atoms with E-state index in [0.717, 1.165) is 28.2 Å². The molecule has 2 atom stereocenters. The molecule has 26 heavy (non-hydrogen) atoms. The summed E-state index contributed by atoms with van der Waals surface area (Å²) in [4.78, 5) is 20.1. The zero-order chi connectivity index (χ0) is 17.1. The number of guanidine groups is 1.